The molecule has 1 aliphatic heterocycles. The van der Waals surface area contributed by atoms with Crippen molar-refractivity contribution in [2.24, 2.45) is 0 Å². The van der Waals surface area contributed by atoms with Gasteiger partial charge in [-0.1, -0.05) is 37.2 Å². The number of fused-ring (bicyclic) bond motifs is 1. The van der Waals surface area contributed by atoms with Crippen molar-refractivity contribution in [1.29, 1.82) is 0 Å². The molecule has 4 nitrogen and oxygen atoms in total. The number of hydrogen-bond acceptors (Lipinski definition) is 4. The van der Waals surface area contributed by atoms with Crippen molar-refractivity contribution < 1.29 is 9.59 Å². The van der Waals surface area contributed by atoms with E-state index >= 15 is 0 Å². The van der Waals surface area contributed by atoms with Gasteiger partial charge in [-0.05, 0) is 36.5 Å². The zero-order valence-electron chi connectivity index (χ0n) is 13.3. The van der Waals surface area contributed by atoms with Gasteiger partial charge in [0.2, 0.25) is 5.91 Å². The molecule has 0 bridgehead atoms. The smallest absolute Gasteiger partial charge is 0.262 e. The zero-order valence-corrected chi connectivity index (χ0v) is 14.9. The van der Waals surface area contributed by atoms with Crippen LogP contribution in [-0.4, -0.2) is 29.9 Å². The van der Waals surface area contributed by atoms with E-state index in [2.05, 4.69) is 17.6 Å². The van der Waals surface area contributed by atoms with Crippen LogP contribution in [-0.2, 0) is 9.59 Å². The van der Waals surface area contributed by atoms with Crippen LogP contribution in [0.3, 0.4) is 0 Å². The Bertz CT molecular complexity index is 588. The summed E-state index contributed by atoms with van der Waals surface area (Å²) in [5, 5.41) is 5.64. The summed E-state index contributed by atoms with van der Waals surface area (Å²) >= 11 is 3.25. The molecule has 23 heavy (non-hydrogen) atoms. The molecule has 1 heterocycles. The van der Waals surface area contributed by atoms with Crippen LogP contribution < -0.4 is 10.6 Å². The Morgan fingerprint density at radius 3 is 2.91 bits per heavy atom. The first-order valence-electron chi connectivity index (χ1n) is 7.86. The minimum absolute atomic E-state index is 0.208. The Hall–Kier alpha value is -1.40. The van der Waals surface area contributed by atoms with Crippen LogP contribution in [0.4, 0.5) is 5.69 Å². The van der Waals surface area contributed by atoms with E-state index in [1.807, 2.05) is 36.0 Å². The van der Waals surface area contributed by atoms with E-state index < -0.39 is 0 Å². The summed E-state index contributed by atoms with van der Waals surface area (Å²) in [5.74, 6) is 1.81. The number of hydrogen-bond donors (Lipinski definition) is 2. The van der Waals surface area contributed by atoms with Gasteiger partial charge in [0, 0.05) is 17.5 Å². The number of carbonyl (C=O) groups is 2. The summed E-state index contributed by atoms with van der Waals surface area (Å²) in [7, 11) is 0. The van der Waals surface area contributed by atoms with Crippen LogP contribution in [0.25, 0.3) is 0 Å². The van der Waals surface area contributed by atoms with E-state index in [-0.39, 0.29) is 11.8 Å². The van der Waals surface area contributed by atoms with Crippen molar-refractivity contribution in [3.05, 3.63) is 35.2 Å². The Balaban J connectivity index is 1.76. The van der Waals surface area contributed by atoms with Crippen LogP contribution in [0.15, 0.2) is 40.1 Å². The summed E-state index contributed by atoms with van der Waals surface area (Å²) in [6.45, 7) is 2.83. The summed E-state index contributed by atoms with van der Waals surface area (Å²) < 4.78 is 0. The average Bonchev–Trinajstić information content (AvgIpc) is 2.55. The molecule has 0 aliphatic carbocycles. The molecule has 124 valence electrons. The van der Waals surface area contributed by atoms with Crippen LogP contribution in [0.2, 0.25) is 0 Å². The van der Waals surface area contributed by atoms with Gasteiger partial charge in [0.1, 0.15) is 0 Å². The maximum Gasteiger partial charge on any atom is 0.262 e. The van der Waals surface area contributed by atoms with Gasteiger partial charge in [-0.25, -0.2) is 0 Å². The van der Waals surface area contributed by atoms with Crippen molar-refractivity contribution in [3.63, 3.8) is 0 Å². The molecule has 2 N–H and O–H groups in total. The summed E-state index contributed by atoms with van der Waals surface area (Å²) in [6.07, 6.45) is 4.81. The number of thioether (sulfide) groups is 2. The van der Waals surface area contributed by atoms with Crippen molar-refractivity contribution >= 4 is 41.0 Å². The molecule has 1 aromatic rings. The fraction of sp³-hybridized carbons (Fsp3) is 0.412. The van der Waals surface area contributed by atoms with Gasteiger partial charge in [-0.2, -0.15) is 11.8 Å². The number of benzene rings is 1. The Kier molecular flexibility index (Phi) is 7.55. The molecule has 6 heteroatoms. The SMILES string of the molecule is CCCCSCCCNC(=O)C=C1Sc2ccccc2NC1=O. The fourth-order valence-corrected chi connectivity index (χ4v) is 3.97. The molecule has 1 aromatic carbocycles. The normalized spacial score (nSPS) is 15.2. The Morgan fingerprint density at radius 2 is 2.09 bits per heavy atom. The molecule has 0 saturated carbocycles. The highest BCUT2D eigenvalue weighted by molar-refractivity contribution is 8.04. The van der Waals surface area contributed by atoms with Crippen molar-refractivity contribution in [2.75, 3.05) is 23.4 Å². The minimum Gasteiger partial charge on any atom is -0.352 e. The van der Waals surface area contributed by atoms with Crippen molar-refractivity contribution in [3.8, 4) is 0 Å². The topological polar surface area (TPSA) is 58.2 Å². The second kappa shape index (κ2) is 9.67. The monoisotopic (exact) mass is 350 g/mol. The van der Waals surface area contributed by atoms with Gasteiger partial charge in [0.05, 0.1) is 10.6 Å². The third kappa shape index (κ3) is 5.95. The van der Waals surface area contributed by atoms with Crippen LogP contribution >= 0.6 is 23.5 Å². The van der Waals surface area contributed by atoms with E-state index in [0.29, 0.717) is 11.4 Å². The quantitative estimate of drug-likeness (QED) is 0.555. The van der Waals surface area contributed by atoms with Gasteiger partial charge in [-0.15, -0.1) is 0 Å². The molecule has 0 aromatic heterocycles. The Labute approximate surface area is 145 Å². The highest BCUT2D eigenvalue weighted by Crippen LogP contribution is 2.37. The van der Waals surface area contributed by atoms with Gasteiger partial charge in [-0.3, -0.25) is 9.59 Å². The maximum atomic E-state index is 12.0. The average molecular weight is 351 g/mol. The second-order valence-corrected chi connectivity index (χ2v) is 7.48. The highest BCUT2D eigenvalue weighted by atomic mass is 32.2. The van der Waals surface area contributed by atoms with Gasteiger partial charge in [0.25, 0.3) is 5.91 Å². The number of anilines is 1. The number of rotatable bonds is 8. The third-order valence-corrected chi connectivity index (χ3v) is 5.50. The lowest BCUT2D eigenvalue weighted by Crippen LogP contribution is -2.25. The van der Waals surface area contributed by atoms with E-state index in [1.165, 1.54) is 36.4 Å². The predicted octanol–water partition coefficient (Wildman–Crippen LogP) is 3.65. The molecule has 0 spiro atoms. The summed E-state index contributed by atoms with van der Waals surface area (Å²) in [6, 6.07) is 7.57. The summed E-state index contributed by atoms with van der Waals surface area (Å²) in [4.78, 5) is 25.3. The molecular weight excluding hydrogens is 328 g/mol. The standard InChI is InChI=1S/C17H22N2O2S2/c1-2-3-10-22-11-6-9-18-16(20)12-15-17(21)19-13-7-4-5-8-14(13)23-15/h4-5,7-8,12H,2-3,6,9-11H2,1H3,(H,18,20)(H,19,21). The minimum atomic E-state index is -0.223. The molecule has 2 amide bonds. The third-order valence-electron chi connectivity index (χ3n) is 3.25. The molecule has 0 unspecified atom stereocenters. The molecular formula is C17H22N2O2S2. The molecule has 0 saturated heterocycles. The number of carbonyl (C=O) groups excluding carboxylic acids is 2. The largest absolute Gasteiger partial charge is 0.352 e. The number of amides is 2. The van der Waals surface area contributed by atoms with Gasteiger partial charge in [0.15, 0.2) is 0 Å². The molecule has 1 aliphatic rings. The van der Waals surface area contributed by atoms with Crippen molar-refractivity contribution in [1.82, 2.24) is 5.32 Å². The lowest BCUT2D eigenvalue weighted by Gasteiger charge is -2.17. The van der Waals surface area contributed by atoms with E-state index in [9.17, 15) is 9.59 Å². The summed E-state index contributed by atoms with van der Waals surface area (Å²) in [5.41, 5.74) is 0.796. The number of unbranched alkanes of at least 4 members (excludes halogenated alkanes) is 1. The van der Waals surface area contributed by atoms with E-state index in [0.717, 1.165) is 22.8 Å². The lowest BCUT2D eigenvalue weighted by molar-refractivity contribution is -0.117. The first-order chi connectivity index (χ1) is 11.2. The van der Waals surface area contributed by atoms with Gasteiger partial charge < -0.3 is 10.6 Å². The van der Waals surface area contributed by atoms with E-state index in [1.54, 1.807) is 0 Å². The van der Waals surface area contributed by atoms with Crippen LogP contribution in [0.1, 0.15) is 26.2 Å². The fourth-order valence-electron chi connectivity index (χ4n) is 2.01. The molecule has 0 radical (unpaired) electrons. The Morgan fingerprint density at radius 1 is 1.30 bits per heavy atom. The number of para-hydroxylation sites is 1. The maximum absolute atomic E-state index is 12.0. The van der Waals surface area contributed by atoms with Crippen molar-refractivity contribution in [2.45, 2.75) is 31.1 Å². The van der Waals surface area contributed by atoms with Crippen LogP contribution in [0, 0.1) is 0 Å². The highest BCUT2D eigenvalue weighted by Gasteiger charge is 2.21. The lowest BCUT2D eigenvalue weighted by atomic mass is 10.3. The number of nitrogens with one attached hydrogen (secondary N) is 2. The molecule has 0 fully saturated rings. The first kappa shape index (κ1) is 17.9. The van der Waals surface area contributed by atoms with Gasteiger partial charge >= 0.3 is 0 Å². The first-order valence-corrected chi connectivity index (χ1v) is 9.83. The van der Waals surface area contributed by atoms with E-state index in [4.69, 9.17) is 0 Å². The predicted molar refractivity (Wildman–Crippen MR) is 98.9 cm³/mol. The zero-order chi connectivity index (χ0) is 16.5. The second-order valence-electron chi connectivity index (χ2n) is 5.17. The molecule has 2 rings (SSSR count). The van der Waals surface area contributed by atoms with Crippen LogP contribution in [0.5, 0.6) is 0 Å². The molecule has 0 atom stereocenters.